The molecule has 0 fully saturated rings. The number of Topliss-reactive ketones (excluding diaryl/α,β-unsaturated/α-hetero) is 2. The Morgan fingerprint density at radius 1 is 1.25 bits per heavy atom. The maximum Gasteiger partial charge on any atom is 0.407 e. The lowest BCUT2D eigenvalue weighted by atomic mass is 9.87. The molecule has 0 radical (unpaired) electrons. The molecule has 11 heteroatoms. The van der Waals surface area contributed by atoms with Crippen molar-refractivity contribution in [2.45, 2.75) is 39.2 Å². The molecule has 2 heterocycles. The van der Waals surface area contributed by atoms with E-state index in [9.17, 15) is 19.2 Å². The van der Waals surface area contributed by atoms with Crippen LogP contribution in [0.4, 0.5) is 4.79 Å². The third-order valence-corrected chi connectivity index (χ3v) is 5.02. The fourth-order valence-corrected chi connectivity index (χ4v) is 3.31. The van der Waals surface area contributed by atoms with Gasteiger partial charge >= 0.3 is 6.09 Å². The van der Waals surface area contributed by atoms with Crippen molar-refractivity contribution in [3.63, 3.8) is 0 Å². The fourth-order valence-electron chi connectivity index (χ4n) is 3.31. The second-order valence-electron chi connectivity index (χ2n) is 7.77. The van der Waals surface area contributed by atoms with E-state index in [-0.39, 0.29) is 44.3 Å². The Morgan fingerprint density at radius 3 is 2.72 bits per heavy atom. The van der Waals surface area contributed by atoms with Crippen molar-refractivity contribution >= 4 is 23.6 Å². The number of carbonyl (C=O) groups is 4. The minimum atomic E-state index is -0.905. The van der Waals surface area contributed by atoms with E-state index in [0.717, 1.165) is 0 Å². The molecule has 0 bridgehead atoms. The normalized spacial score (nSPS) is 17.6. The quantitative estimate of drug-likeness (QED) is 0.360. The number of aromatic nitrogens is 1. The summed E-state index contributed by atoms with van der Waals surface area (Å²) in [4.78, 5) is 54.0. The van der Waals surface area contributed by atoms with Crippen LogP contribution >= 0.6 is 0 Å². The van der Waals surface area contributed by atoms with E-state index in [1.165, 1.54) is 6.39 Å². The summed E-state index contributed by atoms with van der Waals surface area (Å²) in [7, 11) is 1.55. The molecule has 2 unspecified atom stereocenters. The first-order valence-electron chi connectivity index (χ1n) is 10.6. The summed E-state index contributed by atoms with van der Waals surface area (Å²) in [6, 6.07) is -0.878. The second kappa shape index (κ2) is 12.9. The maximum atomic E-state index is 13.0. The highest BCUT2D eigenvalue weighted by Crippen LogP contribution is 2.20. The largest absolute Gasteiger partial charge is 0.448 e. The number of ether oxygens (including phenoxy) is 3. The zero-order valence-electron chi connectivity index (χ0n) is 18.7. The van der Waals surface area contributed by atoms with E-state index in [0.29, 0.717) is 31.1 Å². The molecule has 0 aromatic carbocycles. The van der Waals surface area contributed by atoms with E-state index in [1.807, 2.05) is 0 Å². The summed E-state index contributed by atoms with van der Waals surface area (Å²) in [6.07, 6.45) is 0.821. The van der Waals surface area contributed by atoms with Gasteiger partial charge in [-0.3, -0.25) is 14.4 Å². The molecule has 0 saturated heterocycles. The molecule has 1 aliphatic rings. The van der Waals surface area contributed by atoms with Crippen LogP contribution in [0.3, 0.4) is 0 Å². The maximum absolute atomic E-state index is 13.0. The topological polar surface area (TPSA) is 146 Å². The molecular weight excluding hydrogens is 422 g/mol. The first kappa shape index (κ1) is 25.5. The van der Waals surface area contributed by atoms with Gasteiger partial charge in [-0.05, 0) is 5.92 Å². The number of fused-ring (bicyclic) bond motifs is 1. The summed E-state index contributed by atoms with van der Waals surface area (Å²) in [6.45, 7) is 4.81. The highest BCUT2D eigenvalue weighted by atomic mass is 16.6. The van der Waals surface area contributed by atoms with Gasteiger partial charge in [0, 0.05) is 38.8 Å². The lowest BCUT2D eigenvalue weighted by Gasteiger charge is -2.23. The predicted octanol–water partition coefficient (Wildman–Crippen LogP) is 0.448. The van der Waals surface area contributed by atoms with E-state index in [1.54, 1.807) is 21.0 Å². The summed E-state index contributed by atoms with van der Waals surface area (Å²) in [5, 5.41) is 5.09. The average molecular weight is 453 g/mol. The summed E-state index contributed by atoms with van der Waals surface area (Å²) in [5.74, 6) is -2.38. The molecule has 2 amide bonds. The zero-order valence-corrected chi connectivity index (χ0v) is 18.7. The second-order valence-corrected chi connectivity index (χ2v) is 7.77. The number of rotatable bonds is 11. The van der Waals surface area contributed by atoms with Crippen molar-refractivity contribution in [2.75, 3.05) is 40.1 Å². The van der Waals surface area contributed by atoms with Gasteiger partial charge < -0.3 is 29.3 Å². The van der Waals surface area contributed by atoms with Crippen LogP contribution in [0.5, 0.6) is 0 Å². The molecule has 2 N–H and O–H groups in total. The van der Waals surface area contributed by atoms with Crippen molar-refractivity contribution < 1.29 is 37.8 Å². The van der Waals surface area contributed by atoms with Gasteiger partial charge in [0.1, 0.15) is 12.4 Å². The fraction of sp³-hybridized carbons (Fsp3) is 0.667. The zero-order chi connectivity index (χ0) is 23.5. The van der Waals surface area contributed by atoms with Crippen molar-refractivity contribution in [3.05, 3.63) is 17.8 Å². The van der Waals surface area contributed by atoms with Gasteiger partial charge in [-0.15, -0.1) is 0 Å². The Kier molecular flexibility index (Phi) is 10.3. The van der Waals surface area contributed by atoms with Gasteiger partial charge in [-0.1, -0.05) is 13.8 Å². The number of amides is 2. The van der Waals surface area contributed by atoms with Crippen LogP contribution in [0.1, 0.15) is 31.7 Å². The molecule has 32 heavy (non-hydrogen) atoms. The molecule has 0 saturated carbocycles. The number of ketones is 2. The molecule has 11 nitrogen and oxygen atoms in total. The molecule has 1 aliphatic heterocycles. The van der Waals surface area contributed by atoms with E-state index < -0.39 is 29.7 Å². The van der Waals surface area contributed by atoms with Crippen molar-refractivity contribution in [1.82, 2.24) is 15.6 Å². The predicted molar refractivity (Wildman–Crippen MR) is 111 cm³/mol. The monoisotopic (exact) mass is 453 g/mol. The first-order chi connectivity index (χ1) is 15.3. The lowest BCUT2D eigenvalue weighted by Crippen LogP contribution is -2.46. The summed E-state index contributed by atoms with van der Waals surface area (Å²) >= 11 is 0. The molecule has 1 aromatic rings. The number of alkyl carbamates (subject to hydrolysis) is 1. The highest BCUT2D eigenvalue weighted by molar-refractivity contribution is 6.37. The van der Waals surface area contributed by atoms with Crippen LogP contribution in [0, 0.1) is 11.8 Å². The number of carbonyl (C=O) groups excluding carboxylic acids is 4. The Hall–Kier alpha value is -2.79. The Morgan fingerprint density at radius 2 is 2.00 bits per heavy atom. The highest BCUT2D eigenvalue weighted by Gasteiger charge is 2.34. The van der Waals surface area contributed by atoms with E-state index in [2.05, 4.69) is 15.6 Å². The number of oxazole rings is 1. The number of hydrogen-bond acceptors (Lipinski definition) is 9. The first-order valence-corrected chi connectivity index (χ1v) is 10.6. The van der Waals surface area contributed by atoms with Crippen LogP contribution < -0.4 is 10.6 Å². The van der Waals surface area contributed by atoms with Crippen LogP contribution in [0.25, 0.3) is 0 Å². The Bertz CT molecular complexity index is 792. The standard InChI is InChI=1S/C21H31N3O8/c1-13(2)18(24-21(28)31-9-8-30-7-6-29-3)16(25)11-14-10-15-17(32-12-23-15)4-5-22-20(27)19(14)26/h12-14,18H,4-11H2,1-3H3,(H,22,27)(H,24,28). The van der Waals surface area contributed by atoms with Gasteiger partial charge in [-0.25, -0.2) is 9.78 Å². The van der Waals surface area contributed by atoms with Gasteiger partial charge in [0.05, 0.1) is 31.6 Å². The van der Waals surface area contributed by atoms with Crippen molar-refractivity contribution in [2.24, 2.45) is 11.8 Å². The third-order valence-electron chi connectivity index (χ3n) is 5.02. The van der Waals surface area contributed by atoms with E-state index in [4.69, 9.17) is 18.6 Å². The Labute approximate surface area is 186 Å². The number of nitrogens with one attached hydrogen (secondary N) is 2. The minimum Gasteiger partial charge on any atom is -0.448 e. The molecular formula is C21H31N3O8. The van der Waals surface area contributed by atoms with Crippen LogP contribution in [0.2, 0.25) is 0 Å². The minimum absolute atomic E-state index is 0.0186. The molecule has 2 rings (SSSR count). The van der Waals surface area contributed by atoms with Crippen LogP contribution in [-0.4, -0.2) is 74.7 Å². The van der Waals surface area contributed by atoms with E-state index >= 15 is 0 Å². The average Bonchev–Trinajstić information content (AvgIpc) is 3.20. The van der Waals surface area contributed by atoms with Crippen molar-refractivity contribution in [3.8, 4) is 0 Å². The molecule has 1 aromatic heterocycles. The number of methoxy groups -OCH3 is 1. The van der Waals surface area contributed by atoms with Gasteiger partial charge in [0.15, 0.2) is 12.2 Å². The van der Waals surface area contributed by atoms with Gasteiger partial charge in [-0.2, -0.15) is 0 Å². The van der Waals surface area contributed by atoms with Crippen molar-refractivity contribution in [1.29, 1.82) is 0 Å². The third kappa shape index (κ3) is 7.72. The number of nitrogens with zero attached hydrogens (tertiary/aromatic N) is 1. The lowest BCUT2D eigenvalue weighted by molar-refractivity contribution is -0.141. The Balaban J connectivity index is 1.97. The molecule has 2 atom stereocenters. The van der Waals surface area contributed by atoms with Crippen LogP contribution in [-0.2, 0) is 41.4 Å². The SMILES string of the molecule is COCCOCCOC(=O)NC(C(=O)CC1Cc2ncoc2CCNC(=O)C1=O)C(C)C. The van der Waals surface area contributed by atoms with Gasteiger partial charge in [0.25, 0.3) is 5.91 Å². The summed E-state index contributed by atoms with van der Waals surface area (Å²) < 4.78 is 20.4. The molecule has 178 valence electrons. The van der Waals surface area contributed by atoms with Crippen LogP contribution in [0.15, 0.2) is 10.8 Å². The smallest absolute Gasteiger partial charge is 0.407 e. The molecule has 0 spiro atoms. The summed E-state index contributed by atoms with van der Waals surface area (Å²) in [5.41, 5.74) is 0.551. The number of hydrogen-bond donors (Lipinski definition) is 2. The molecule has 0 aliphatic carbocycles. The van der Waals surface area contributed by atoms with Gasteiger partial charge in [0.2, 0.25) is 5.78 Å².